The Morgan fingerprint density at radius 1 is 1.44 bits per heavy atom. The summed E-state index contributed by atoms with van der Waals surface area (Å²) in [5, 5.41) is -0.290. The highest BCUT2D eigenvalue weighted by Crippen LogP contribution is 2.22. The molecule has 1 aliphatic rings. The molecule has 0 unspecified atom stereocenters. The van der Waals surface area contributed by atoms with E-state index < -0.39 is 5.82 Å². The van der Waals surface area contributed by atoms with E-state index in [1.54, 1.807) is 6.07 Å². The average molecular weight is 240 g/mol. The van der Waals surface area contributed by atoms with Gasteiger partial charge >= 0.3 is 0 Å². The van der Waals surface area contributed by atoms with Gasteiger partial charge in [-0.15, -0.1) is 0 Å². The first-order valence-corrected chi connectivity index (χ1v) is 5.57. The third kappa shape index (κ3) is 2.01. The number of hydrogen-bond donors (Lipinski definition) is 1. The van der Waals surface area contributed by atoms with E-state index in [0.717, 1.165) is 16.7 Å². The fourth-order valence-electron chi connectivity index (χ4n) is 1.39. The molecule has 0 spiro atoms. The third-order valence-electron chi connectivity index (χ3n) is 2.25. The van der Waals surface area contributed by atoms with Crippen LogP contribution in [0.3, 0.4) is 0 Å². The first kappa shape index (κ1) is 10.9. The number of amides is 2. The van der Waals surface area contributed by atoms with Gasteiger partial charge in [-0.2, -0.15) is 0 Å². The van der Waals surface area contributed by atoms with Gasteiger partial charge in [-0.25, -0.2) is 4.39 Å². The summed E-state index contributed by atoms with van der Waals surface area (Å²) in [5.41, 5.74) is 5.93. The molecule has 2 N–H and O–H groups in total. The SMILES string of the molecule is Nc1ccc(CN2C(=O)CSC2=O)cc1F. The van der Waals surface area contributed by atoms with Gasteiger partial charge in [0.15, 0.2) is 0 Å². The van der Waals surface area contributed by atoms with Crippen LogP contribution in [0.15, 0.2) is 18.2 Å². The quantitative estimate of drug-likeness (QED) is 0.797. The highest BCUT2D eigenvalue weighted by Gasteiger charge is 2.29. The summed E-state index contributed by atoms with van der Waals surface area (Å²) in [4.78, 5) is 23.7. The predicted octanol–water partition coefficient (Wildman–Crippen LogP) is 1.60. The largest absolute Gasteiger partial charge is 0.396 e. The Bertz CT molecular complexity index is 448. The minimum absolute atomic E-state index is 0.0530. The predicted molar refractivity (Wildman–Crippen MR) is 59.2 cm³/mol. The molecule has 84 valence electrons. The second kappa shape index (κ2) is 4.13. The smallest absolute Gasteiger partial charge is 0.289 e. The molecule has 0 aromatic heterocycles. The molecule has 0 atom stereocenters. The van der Waals surface area contributed by atoms with Crippen LogP contribution in [0.4, 0.5) is 14.9 Å². The summed E-state index contributed by atoms with van der Waals surface area (Å²) >= 11 is 0.959. The van der Waals surface area contributed by atoms with Gasteiger partial charge in [-0.05, 0) is 17.7 Å². The number of halogens is 1. The Balaban J connectivity index is 2.17. The van der Waals surface area contributed by atoms with Crippen molar-refractivity contribution < 1.29 is 14.0 Å². The summed E-state index contributed by atoms with van der Waals surface area (Å²) in [6, 6.07) is 4.25. The van der Waals surface area contributed by atoms with Crippen molar-refractivity contribution in [1.29, 1.82) is 0 Å². The molecular weight excluding hydrogens is 231 g/mol. The van der Waals surface area contributed by atoms with Crippen LogP contribution in [-0.4, -0.2) is 21.8 Å². The Kier molecular flexibility index (Phi) is 2.82. The van der Waals surface area contributed by atoms with E-state index >= 15 is 0 Å². The minimum Gasteiger partial charge on any atom is -0.396 e. The Morgan fingerprint density at radius 3 is 2.75 bits per heavy atom. The van der Waals surface area contributed by atoms with Crippen LogP contribution >= 0.6 is 11.8 Å². The Morgan fingerprint density at radius 2 is 2.19 bits per heavy atom. The van der Waals surface area contributed by atoms with Crippen molar-refractivity contribution in [2.45, 2.75) is 6.54 Å². The number of carbonyl (C=O) groups excluding carboxylic acids is 2. The summed E-state index contributed by atoms with van der Waals surface area (Å²) in [6.07, 6.45) is 0. The van der Waals surface area contributed by atoms with Gasteiger partial charge in [0.2, 0.25) is 5.91 Å². The molecule has 1 aliphatic heterocycles. The summed E-state index contributed by atoms with van der Waals surface area (Å²) in [7, 11) is 0. The summed E-state index contributed by atoms with van der Waals surface area (Å²) < 4.78 is 13.1. The van der Waals surface area contributed by atoms with Crippen LogP contribution in [0.2, 0.25) is 0 Å². The van der Waals surface area contributed by atoms with Crippen molar-refractivity contribution >= 4 is 28.6 Å². The molecule has 1 aromatic carbocycles. The lowest BCUT2D eigenvalue weighted by Crippen LogP contribution is -2.27. The molecule has 2 amide bonds. The first-order valence-electron chi connectivity index (χ1n) is 4.59. The number of nitrogens with zero attached hydrogens (tertiary/aromatic N) is 1. The number of nitrogen functional groups attached to an aromatic ring is 1. The van der Waals surface area contributed by atoms with E-state index in [2.05, 4.69) is 0 Å². The van der Waals surface area contributed by atoms with Crippen LogP contribution in [0.1, 0.15) is 5.56 Å². The second-order valence-corrected chi connectivity index (χ2v) is 4.32. The maximum atomic E-state index is 13.1. The maximum Gasteiger partial charge on any atom is 0.289 e. The molecule has 0 aliphatic carbocycles. The number of carbonyl (C=O) groups is 2. The van der Waals surface area contributed by atoms with E-state index in [1.165, 1.54) is 12.1 Å². The lowest BCUT2D eigenvalue weighted by molar-refractivity contribution is -0.125. The van der Waals surface area contributed by atoms with Gasteiger partial charge in [-0.3, -0.25) is 14.5 Å². The van der Waals surface area contributed by atoms with Crippen LogP contribution in [0.5, 0.6) is 0 Å². The van der Waals surface area contributed by atoms with Gasteiger partial charge in [0.25, 0.3) is 5.24 Å². The number of rotatable bonds is 2. The monoisotopic (exact) mass is 240 g/mol. The van der Waals surface area contributed by atoms with Gasteiger partial charge in [0, 0.05) is 0 Å². The lowest BCUT2D eigenvalue weighted by Gasteiger charge is -2.12. The van der Waals surface area contributed by atoms with E-state index in [0.29, 0.717) is 5.56 Å². The molecule has 0 radical (unpaired) electrons. The molecule has 6 heteroatoms. The fourth-order valence-corrected chi connectivity index (χ4v) is 2.11. The zero-order valence-corrected chi connectivity index (χ0v) is 9.09. The molecule has 0 bridgehead atoms. The molecule has 0 saturated carbocycles. The van der Waals surface area contributed by atoms with Crippen molar-refractivity contribution in [3.63, 3.8) is 0 Å². The van der Waals surface area contributed by atoms with Gasteiger partial charge in [-0.1, -0.05) is 17.8 Å². The zero-order chi connectivity index (χ0) is 11.7. The maximum absolute atomic E-state index is 13.1. The van der Waals surface area contributed by atoms with Crippen molar-refractivity contribution in [3.05, 3.63) is 29.6 Å². The summed E-state index contributed by atoms with van der Waals surface area (Å²) in [5.74, 6) is -0.618. The Labute approximate surface area is 95.6 Å². The number of nitrogens with two attached hydrogens (primary N) is 1. The van der Waals surface area contributed by atoms with Gasteiger partial charge in [0.05, 0.1) is 18.0 Å². The standard InChI is InChI=1S/C10H9FN2O2S/c11-7-3-6(1-2-8(7)12)4-13-9(14)5-16-10(13)15/h1-3H,4-5,12H2. The minimum atomic E-state index is -0.538. The third-order valence-corrected chi connectivity index (χ3v) is 3.10. The van der Waals surface area contributed by atoms with Crippen LogP contribution in [0.25, 0.3) is 0 Å². The zero-order valence-electron chi connectivity index (χ0n) is 8.27. The highest BCUT2D eigenvalue weighted by molar-refractivity contribution is 8.14. The van der Waals surface area contributed by atoms with E-state index in [9.17, 15) is 14.0 Å². The molecule has 16 heavy (non-hydrogen) atoms. The number of thioether (sulfide) groups is 1. The van der Waals surface area contributed by atoms with E-state index in [1.807, 2.05) is 0 Å². The molecule has 1 saturated heterocycles. The van der Waals surface area contributed by atoms with Crippen molar-refractivity contribution in [3.8, 4) is 0 Å². The van der Waals surface area contributed by atoms with E-state index in [4.69, 9.17) is 5.73 Å². The second-order valence-electron chi connectivity index (χ2n) is 3.39. The van der Waals surface area contributed by atoms with Gasteiger partial charge < -0.3 is 5.73 Å². The number of benzene rings is 1. The topological polar surface area (TPSA) is 63.4 Å². The molecular formula is C10H9FN2O2S. The molecule has 4 nitrogen and oxygen atoms in total. The number of hydrogen-bond acceptors (Lipinski definition) is 4. The number of imide groups is 1. The number of anilines is 1. The first-order chi connectivity index (χ1) is 7.58. The van der Waals surface area contributed by atoms with Crippen molar-refractivity contribution in [2.75, 3.05) is 11.5 Å². The molecule has 1 heterocycles. The van der Waals surface area contributed by atoms with Crippen LogP contribution in [-0.2, 0) is 11.3 Å². The van der Waals surface area contributed by atoms with Crippen LogP contribution in [0, 0.1) is 5.82 Å². The molecule has 1 fully saturated rings. The Hall–Kier alpha value is -1.56. The van der Waals surface area contributed by atoms with Crippen molar-refractivity contribution in [1.82, 2.24) is 4.90 Å². The lowest BCUT2D eigenvalue weighted by atomic mass is 10.2. The summed E-state index contributed by atoms with van der Waals surface area (Å²) in [6.45, 7) is 0.0991. The van der Waals surface area contributed by atoms with Crippen molar-refractivity contribution in [2.24, 2.45) is 0 Å². The highest BCUT2D eigenvalue weighted by atomic mass is 32.2. The molecule has 2 rings (SSSR count). The fraction of sp³-hybridized carbons (Fsp3) is 0.200. The normalized spacial score (nSPS) is 15.9. The average Bonchev–Trinajstić information content (AvgIpc) is 2.55. The molecule has 1 aromatic rings. The van der Waals surface area contributed by atoms with Gasteiger partial charge in [0.1, 0.15) is 5.82 Å². The van der Waals surface area contributed by atoms with E-state index in [-0.39, 0.29) is 29.1 Å². The van der Waals surface area contributed by atoms with Crippen LogP contribution < -0.4 is 5.73 Å².